The van der Waals surface area contributed by atoms with Gasteiger partial charge in [0, 0.05) is 36.8 Å². The summed E-state index contributed by atoms with van der Waals surface area (Å²) in [6.45, 7) is 2.03. The molecule has 0 spiro atoms. The Morgan fingerprint density at radius 3 is 2.50 bits per heavy atom. The maximum Gasteiger partial charge on any atom is 0.416 e. The minimum atomic E-state index is -4.35. The largest absolute Gasteiger partial charge is 0.416 e. The van der Waals surface area contributed by atoms with E-state index in [9.17, 15) is 13.2 Å². The first kappa shape index (κ1) is 18.7. The van der Waals surface area contributed by atoms with Crippen molar-refractivity contribution in [1.29, 1.82) is 0 Å². The molecule has 0 aliphatic carbocycles. The number of nitrogens with zero attached hydrogens (tertiary/aromatic N) is 4. The number of alkyl halides is 3. The highest BCUT2D eigenvalue weighted by atomic mass is 19.4. The van der Waals surface area contributed by atoms with Crippen molar-refractivity contribution in [1.82, 2.24) is 19.7 Å². The summed E-state index contributed by atoms with van der Waals surface area (Å²) in [4.78, 5) is 2.29. The maximum absolute atomic E-state index is 12.8. The lowest BCUT2D eigenvalue weighted by atomic mass is 10.0. The summed E-state index contributed by atoms with van der Waals surface area (Å²) in [6, 6.07) is 7.27. The molecule has 3 aromatic rings. The van der Waals surface area contributed by atoms with Gasteiger partial charge in [-0.1, -0.05) is 12.1 Å². The number of fused-ring (bicyclic) bond motifs is 1. The number of aryl methyl sites for hydroxylation is 1. The summed E-state index contributed by atoms with van der Waals surface area (Å²) in [5, 5.41) is 13.1. The maximum atomic E-state index is 12.8. The average molecular weight is 389 g/mol. The monoisotopic (exact) mass is 389 g/mol. The second kappa shape index (κ2) is 7.09. The van der Waals surface area contributed by atoms with Crippen LogP contribution in [0.3, 0.4) is 0 Å². The normalized spacial score (nSPS) is 18.5. The van der Waals surface area contributed by atoms with Crippen molar-refractivity contribution in [3.05, 3.63) is 42.1 Å². The third-order valence-corrected chi connectivity index (χ3v) is 5.25. The smallest absolute Gasteiger partial charge is 0.363 e. The van der Waals surface area contributed by atoms with E-state index in [1.165, 1.54) is 12.1 Å². The van der Waals surface area contributed by atoms with Gasteiger partial charge in [0.25, 0.3) is 0 Å². The molecule has 28 heavy (non-hydrogen) atoms. The average Bonchev–Trinajstić information content (AvgIpc) is 3.04. The molecule has 1 aliphatic rings. The Hall–Kier alpha value is -2.61. The lowest BCUT2D eigenvalue weighted by molar-refractivity contribution is -0.137. The lowest BCUT2D eigenvalue weighted by Crippen LogP contribution is -2.40. The van der Waals surface area contributed by atoms with Crippen LogP contribution in [0.5, 0.6) is 0 Å². The molecule has 4 rings (SSSR count). The number of anilines is 1. The third-order valence-electron chi connectivity index (χ3n) is 5.25. The van der Waals surface area contributed by atoms with Gasteiger partial charge in [-0.2, -0.15) is 13.2 Å². The second-order valence-corrected chi connectivity index (χ2v) is 7.41. The molecule has 5 nitrogen and oxygen atoms in total. The van der Waals surface area contributed by atoms with Gasteiger partial charge in [-0.05, 0) is 44.6 Å². The standard InChI is InChI=1S/C20H22F3N5/c1-27-10-3-4-15(12-27)24-19-18-16(9-11-28(18)2)17(25-26-19)13-5-7-14(8-6-13)20(21,22)23/h5-9,11,15H,3-4,10,12H2,1-2H3,(H,24,26)/t15-/m1/s1. The first-order chi connectivity index (χ1) is 13.3. The molecule has 3 heterocycles. The van der Waals surface area contributed by atoms with Crippen LogP contribution in [0, 0.1) is 0 Å². The van der Waals surface area contributed by atoms with E-state index in [0.29, 0.717) is 23.1 Å². The van der Waals surface area contributed by atoms with E-state index in [1.807, 2.05) is 23.9 Å². The number of halogens is 3. The van der Waals surface area contributed by atoms with Crippen LogP contribution in [0.25, 0.3) is 22.2 Å². The van der Waals surface area contributed by atoms with E-state index in [4.69, 9.17) is 0 Å². The summed E-state index contributed by atoms with van der Waals surface area (Å²) >= 11 is 0. The van der Waals surface area contributed by atoms with Gasteiger partial charge in [0.2, 0.25) is 0 Å². The molecule has 0 saturated carbocycles. The van der Waals surface area contributed by atoms with Crippen LogP contribution in [0.15, 0.2) is 36.5 Å². The number of benzene rings is 1. The van der Waals surface area contributed by atoms with Crippen LogP contribution >= 0.6 is 0 Å². The Bertz CT molecular complexity index is 978. The quantitative estimate of drug-likeness (QED) is 0.731. The van der Waals surface area contributed by atoms with Gasteiger partial charge >= 0.3 is 6.18 Å². The first-order valence-electron chi connectivity index (χ1n) is 9.27. The van der Waals surface area contributed by atoms with Crippen LogP contribution < -0.4 is 5.32 Å². The minimum Gasteiger partial charge on any atom is -0.363 e. The molecule has 2 aromatic heterocycles. The molecule has 0 unspecified atom stereocenters. The molecule has 1 fully saturated rings. The van der Waals surface area contributed by atoms with Crippen molar-refractivity contribution >= 4 is 16.7 Å². The number of nitrogens with one attached hydrogen (secondary N) is 1. The van der Waals surface area contributed by atoms with Gasteiger partial charge in [-0.15, -0.1) is 10.2 Å². The molecule has 148 valence electrons. The number of piperidine rings is 1. The topological polar surface area (TPSA) is 46.0 Å². The predicted octanol–water partition coefficient (Wildman–Crippen LogP) is 4.16. The Morgan fingerprint density at radius 1 is 1.07 bits per heavy atom. The number of likely N-dealkylation sites (tertiary alicyclic amines) is 1. The van der Waals surface area contributed by atoms with Crippen LogP contribution in [0.2, 0.25) is 0 Å². The molecule has 1 aliphatic heterocycles. The molecule has 1 aromatic carbocycles. The zero-order valence-corrected chi connectivity index (χ0v) is 15.8. The lowest BCUT2D eigenvalue weighted by Gasteiger charge is -2.30. The zero-order valence-electron chi connectivity index (χ0n) is 15.8. The summed E-state index contributed by atoms with van der Waals surface area (Å²) in [6.07, 6.45) is -0.243. The van der Waals surface area contributed by atoms with Crippen LogP contribution in [-0.2, 0) is 13.2 Å². The highest BCUT2D eigenvalue weighted by molar-refractivity contribution is 5.98. The number of likely N-dealkylation sites (N-methyl/N-ethyl adjacent to an activating group) is 1. The molecule has 8 heteroatoms. The van der Waals surface area contributed by atoms with Crippen molar-refractivity contribution in [2.75, 3.05) is 25.5 Å². The van der Waals surface area contributed by atoms with Gasteiger partial charge in [0.05, 0.1) is 11.1 Å². The fraction of sp³-hybridized carbons (Fsp3) is 0.400. The zero-order chi connectivity index (χ0) is 19.9. The SMILES string of the molecule is CN1CCC[C@@H](Nc2nnc(-c3ccc(C(F)(F)F)cc3)c3ccn(C)c23)C1. The summed E-state index contributed by atoms with van der Waals surface area (Å²) in [5.74, 6) is 0.707. The molecule has 1 N–H and O–H groups in total. The van der Waals surface area contributed by atoms with E-state index in [1.54, 1.807) is 0 Å². The van der Waals surface area contributed by atoms with Crippen LogP contribution in [0.4, 0.5) is 19.0 Å². The molecule has 1 atom stereocenters. The van der Waals surface area contributed by atoms with E-state index in [-0.39, 0.29) is 0 Å². The van der Waals surface area contributed by atoms with E-state index in [0.717, 1.165) is 49.0 Å². The summed E-state index contributed by atoms with van der Waals surface area (Å²) in [5.41, 5.74) is 1.42. The summed E-state index contributed by atoms with van der Waals surface area (Å²) in [7, 11) is 4.03. The highest BCUT2D eigenvalue weighted by Gasteiger charge is 2.30. The number of hydrogen-bond acceptors (Lipinski definition) is 4. The Balaban J connectivity index is 1.70. The van der Waals surface area contributed by atoms with Crippen LogP contribution in [0.1, 0.15) is 18.4 Å². The third kappa shape index (κ3) is 3.56. The number of rotatable bonds is 3. The second-order valence-electron chi connectivity index (χ2n) is 7.41. The van der Waals surface area contributed by atoms with Gasteiger partial charge < -0.3 is 14.8 Å². The Labute approximate surface area is 161 Å². The van der Waals surface area contributed by atoms with E-state index < -0.39 is 11.7 Å². The molecular formula is C20H22F3N5. The highest BCUT2D eigenvalue weighted by Crippen LogP contribution is 2.34. The van der Waals surface area contributed by atoms with Gasteiger partial charge in [-0.3, -0.25) is 0 Å². The number of aromatic nitrogens is 3. The fourth-order valence-corrected chi connectivity index (χ4v) is 3.82. The van der Waals surface area contributed by atoms with Gasteiger partial charge in [-0.25, -0.2) is 0 Å². The summed E-state index contributed by atoms with van der Waals surface area (Å²) < 4.78 is 40.5. The van der Waals surface area contributed by atoms with E-state index in [2.05, 4.69) is 27.5 Å². The first-order valence-corrected chi connectivity index (χ1v) is 9.27. The number of hydrogen-bond donors (Lipinski definition) is 1. The van der Waals surface area contributed by atoms with Crippen molar-refractivity contribution in [2.45, 2.75) is 25.1 Å². The van der Waals surface area contributed by atoms with Crippen molar-refractivity contribution in [3.8, 4) is 11.3 Å². The Kier molecular flexibility index (Phi) is 4.74. The Morgan fingerprint density at radius 2 is 1.82 bits per heavy atom. The molecule has 0 amide bonds. The van der Waals surface area contributed by atoms with Crippen LogP contribution in [-0.4, -0.2) is 45.8 Å². The fourth-order valence-electron chi connectivity index (χ4n) is 3.82. The van der Waals surface area contributed by atoms with Crippen molar-refractivity contribution < 1.29 is 13.2 Å². The molecular weight excluding hydrogens is 367 g/mol. The van der Waals surface area contributed by atoms with E-state index >= 15 is 0 Å². The molecule has 0 radical (unpaired) electrons. The van der Waals surface area contributed by atoms with Gasteiger partial charge in [0.1, 0.15) is 5.69 Å². The van der Waals surface area contributed by atoms with Crippen molar-refractivity contribution in [3.63, 3.8) is 0 Å². The van der Waals surface area contributed by atoms with Crippen molar-refractivity contribution in [2.24, 2.45) is 7.05 Å². The molecule has 0 bridgehead atoms. The minimum absolute atomic E-state index is 0.295. The van der Waals surface area contributed by atoms with Gasteiger partial charge in [0.15, 0.2) is 5.82 Å². The molecule has 1 saturated heterocycles. The predicted molar refractivity (Wildman–Crippen MR) is 103 cm³/mol.